The normalized spacial score (nSPS) is 13.0. The lowest BCUT2D eigenvalue weighted by Crippen LogP contribution is -2.30. The van der Waals surface area contributed by atoms with Gasteiger partial charge in [-0.15, -0.1) is 0 Å². The number of rotatable bonds is 45. The predicted molar refractivity (Wildman–Crippen MR) is 274 cm³/mol. The molecule has 1 atom stereocenters. The van der Waals surface area contributed by atoms with E-state index in [4.69, 9.17) is 14.2 Å². The van der Waals surface area contributed by atoms with Crippen LogP contribution in [0.4, 0.5) is 0 Å². The molecule has 6 heteroatoms. The molecule has 0 bridgehead atoms. The molecule has 0 aromatic heterocycles. The number of carbonyl (C=O) groups is 3. The minimum Gasteiger partial charge on any atom is -0.462 e. The average molecular weight is 887 g/mol. The summed E-state index contributed by atoms with van der Waals surface area (Å²) < 4.78 is 16.7. The van der Waals surface area contributed by atoms with Crippen molar-refractivity contribution in [1.29, 1.82) is 0 Å². The van der Waals surface area contributed by atoms with Crippen molar-refractivity contribution in [2.24, 2.45) is 0 Å². The molecular weight excluding hydrogens is 793 g/mol. The van der Waals surface area contributed by atoms with Crippen molar-refractivity contribution in [3.8, 4) is 0 Å². The summed E-state index contributed by atoms with van der Waals surface area (Å²) in [5, 5.41) is 0. The molecule has 0 rings (SSSR count). The standard InChI is InChI=1S/C58H94O6/c1-4-7-10-13-16-19-22-25-27-29-31-33-36-39-42-45-48-51-57(60)63-54-55(53-62-56(59)50-47-44-41-38-35-32-24-21-18-15-12-9-6-3)64-58(61)52-49-46-43-40-37-34-30-28-26-23-20-17-14-11-8-5-2/h9,12,15,18,21,24-25,27-28,30-33,35,38-39,41-42,55H,4-8,10-11,13-14,16-17,19-20,22-23,26,29,34,36-37,40,43-54H2,1-3H3/b12-9-,18-15-,24-21-,27-25-,30-28-,33-31-,35-32-,41-38-,42-39-. The Balaban J connectivity index is 4.57. The minimum absolute atomic E-state index is 0.132. The molecule has 0 aromatic rings. The van der Waals surface area contributed by atoms with Crippen molar-refractivity contribution in [2.45, 2.75) is 226 Å². The van der Waals surface area contributed by atoms with Crippen molar-refractivity contribution in [3.05, 3.63) is 109 Å². The lowest BCUT2D eigenvalue weighted by Gasteiger charge is -2.18. The third-order valence-electron chi connectivity index (χ3n) is 10.6. The van der Waals surface area contributed by atoms with Gasteiger partial charge in [-0.05, 0) is 89.9 Å². The summed E-state index contributed by atoms with van der Waals surface area (Å²) in [6, 6.07) is 0. The molecule has 0 saturated carbocycles. The monoisotopic (exact) mass is 887 g/mol. The average Bonchev–Trinajstić information content (AvgIpc) is 3.29. The first-order chi connectivity index (χ1) is 31.5. The van der Waals surface area contributed by atoms with E-state index in [1.807, 2.05) is 54.7 Å². The number of allylic oxidation sites excluding steroid dienone is 18. The molecule has 0 aliphatic heterocycles. The van der Waals surface area contributed by atoms with E-state index in [1.54, 1.807) is 0 Å². The molecule has 0 N–H and O–H groups in total. The molecule has 0 aromatic carbocycles. The summed E-state index contributed by atoms with van der Waals surface area (Å²) in [5.74, 6) is -1.07. The molecule has 0 fully saturated rings. The fourth-order valence-corrected chi connectivity index (χ4v) is 6.72. The van der Waals surface area contributed by atoms with Gasteiger partial charge in [0, 0.05) is 19.3 Å². The molecule has 0 heterocycles. The fourth-order valence-electron chi connectivity index (χ4n) is 6.72. The van der Waals surface area contributed by atoms with Crippen LogP contribution in [-0.4, -0.2) is 37.2 Å². The highest BCUT2D eigenvalue weighted by Crippen LogP contribution is 2.13. The molecule has 0 spiro atoms. The van der Waals surface area contributed by atoms with Crippen molar-refractivity contribution in [1.82, 2.24) is 0 Å². The maximum atomic E-state index is 12.8. The Morgan fingerprint density at radius 2 is 0.688 bits per heavy atom. The van der Waals surface area contributed by atoms with Crippen molar-refractivity contribution in [2.75, 3.05) is 13.2 Å². The zero-order valence-electron chi connectivity index (χ0n) is 41.3. The minimum atomic E-state index is -0.832. The maximum absolute atomic E-state index is 12.8. The lowest BCUT2D eigenvalue weighted by atomic mass is 10.1. The first kappa shape index (κ1) is 60.1. The molecule has 1 unspecified atom stereocenters. The zero-order chi connectivity index (χ0) is 46.5. The maximum Gasteiger partial charge on any atom is 0.306 e. The van der Waals surface area contributed by atoms with Gasteiger partial charge in [0.05, 0.1) is 0 Å². The summed E-state index contributed by atoms with van der Waals surface area (Å²) in [5.41, 5.74) is 0. The quantitative estimate of drug-likeness (QED) is 0.0199. The molecule has 362 valence electrons. The highest BCUT2D eigenvalue weighted by Gasteiger charge is 2.19. The van der Waals surface area contributed by atoms with Gasteiger partial charge in [0.1, 0.15) is 13.2 Å². The Kier molecular flexibility index (Phi) is 48.5. The van der Waals surface area contributed by atoms with Gasteiger partial charge in [-0.25, -0.2) is 0 Å². The van der Waals surface area contributed by atoms with E-state index in [2.05, 4.69) is 75.5 Å². The van der Waals surface area contributed by atoms with Gasteiger partial charge in [0.15, 0.2) is 6.10 Å². The van der Waals surface area contributed by atoms with E-state index in [-0.39, 0.29) is 50.4 Å². The number of hydrogen-bond donors (Lipinski definition) is 0. The van der Waals surface area contributed by atoms with Crippen LogP contribution >= 0.6 is 0 Å². The number of ether oxygens (including phenoxy) is 3. The summed E-state index contributed by atoms with van der Waals surface area (Å²) in [6.45, 7) is 6.36. The SMILES string of the molecule is CC\C=C/C=C\C=C/C=C\C=C/CCCC(=O)OCC(COC(=O)CCC/C=C\C/C=C\C/C=C\CCCCCCCC)OC(=O)CCCCCCC/C=C\CCCCCCCCC. The summed E-state index contributed by atoms with van der Waals surface area (Å²) in [7, 11) is 0. The first-order valence-electron chi connectivity index (χ1n) is 26.0. The molecule has 0 radical (unpaired) electrons. The molecule has 0 amide bonds. The second-order valence-electron chi connectivity index (χ2n) is 16.8. The van der Waals surface area contributed by atoms with E-state index in [0.717, 1.165) is 64.2 Å². The third-order valence-corrected chi connectivity index (χ3v) is 10.6. The van der Waals surface area contributed by atoms with Gasteiger partial charge in [-0.3, -0.25) is 14.4 Å². The highest BCUT2D eigenvalue weighted by molar-refractivity contribution is 5.71. The van der Waals surface area contributed by atoms with Crippen LogP contribution in [0.3, 0.4) is 0 Å². The van der Waals surface area contributed by atoms with Crippen molar-refractivity contribution in [3.63, 3.8) is 0 Å². The van der Waals surface area contributed by atoms with Crippen LogP contribution < -0.4 is 0 Å². The van der Waals surface area contributed by atoms with Crippen molar-refractivity contribution < 1.29 is 28.6 Å². The molecule has 0 aliphatic carbocycles. The number of unbranched alkanes of at least 4 members (excludes halogenated alkanes) is 20. The van der Waals surface area contributed by atoms with Gasteiger partial charge in [0.25, 0.3) is 0 Å². The van der Waals surface area contributed by atoms with E-state index in [1.165, 1.54) is 103 Å². The highest BCUT2D eigenvalue weighted by atomic mass is 16.6. The first-order valence-corrected chi connectivity index (χ1v) is 26.0. The van der Waals surface area contributed by atoms with Gasteiger partial charge < -0.3 is 14.2 Å². The molecular formula is C58H94O6. The largest absolute Gasteiger partial charge is 0.462 e. The topological polar surface area (TPSA) is 78.9 Å². The lowest BCUT2D eigenvalue weighted by molar-refractivity contribution is -0.167. The van der Waals surface area contributed by atoms with Crippen LogP contribution in [0.15, 0.2) is 109 Å². The van der Waals surface area contributed by atoms with Gasteiger partial charge in [-0.1, -0.05) is 220 Å². The predicted octanol–water partition coefficient (Wildman–Crippen LogP) is 17.1. The van der Waals surface area contributed by atoms with Crippen LogP contribution in [0.5, 0.6) is 0 Å². The van der Waals surface area contributed by atoms with E-state index < -0.39 is 6.10 Å². The molecule has 6 nitrogen and oxygen atoms in total. The van der Waals surface area contributed by atoms with Gasteiger partial charge in [0.2, 0.25) is 0 Å². The second-order valence-corrected chi connectivity index (χ2v) is 16.8. The Morgan fingerprint density at radius 1 is 0.344 bits per heavy atom. The number of esters is 3. The zero-order valence-corrected chi connectivity index (χ0v) is 41.3. The smallest absolute Gasteiger partial charge is 0.306 e. The number of carbonyl (C=O) groups excluding carboxylic acids is 3. The summed E-state index contributed by atoms with van der Waals surface area (Å²) >= 11 is 0. The van der Waals surface area contributed by atoms with Crippen LogP contribution in [-0.2, 0) is 28.6 Å². The molecule has 0 aliphatic rings. The van der Waals surface area contributed by atoms with Gasteiger partial charge >= 0.3 is 17.9 Å². The van der Waals surface area contributed by atoms with Crippen LogP contribution in [0, 0.1) is 0 Å². The Bertz CT molecular complexity index is 1340. The van der Waals surface area contributed by atoms with Gasteiger partial charge in [-0.2, -0.15) is 0 Å². The Hall–Kier alpha value is -3.93. The van der Waals surface area contributed by atoms with E-state index in [9.17, 15) is 14.4 Å². The second kappa shape index (κ2) is 51.7. The Labute approximate surface area is 393 Å². The summed E-state index contributed by atoms with van der Waals surface area (Å²) in [6.07, 6.45) is 69.5. The van der Waals surface area contributed by atoms with Crippen LogP contribution in [0.1, 0.15) is 220 Å². The molecule has 0 saturated heterocycles. The Morgan fingerprint density at radius 3 is 1.16 bits per heavy atom. The van der Waals surface area contributed by atoms with E-state index >= 15 is 0 Å². The van der Waals surface area contributed by atoms with Crippen LogP contribution in [0.25, 0.3) is 0 Å². The van der Waals surface area contributed by atoms with Crippen molar-refractivity contribution >= 4 is 17.9 Å². The van der Waals surface area contributed by atoms with E-state index in [0.29, 0.717) is 12.8 Å². The summed E-state index contributed by atoms with van der Waals surface area (Å²) in [4.78, 5) is 37.9. The third kappa shape index (κ3) is 49.1. The number of hydrogen-bond acceptors (Lipinski definition) is 6. The molecule has 64 heavy (non-hydrogen) atoms. The fraction of sp³-hybridized carbons (Fsp3) is 0.638. The van der Waals surface area contributed by atoms with Crippen LogP contribution in [0.2, 0.25) is 0 Å².